The smallest absolute Gasteiger partial charge is 0.257 e. The van der Waals surface area contributed by atoms with Crippen LogP contribution in [0, 0.1) is 6.92 Å². The first-order valence-corrected chi connectivity index (χ1v) is 15.8. The zero-order valence-electron chi connectivity index (χ0n) is 25.1. The number of anilines is 1. The number of β-amino-alcohol motifs (C(OH)–C–C–N with tert-alkyl or cyclic N) is 1. The van der Waals surface area contributed by atoms with E-state index in [0.717, 1.165) is 77.7 Å². The Balaban J connectivity index is 0.977. The fourth-order valence-electron chi connectivity index (χ4n) is 5.65. The molecule has 0 saturated carbocycles. The van der Waals surface area contributed by atoms with E-state index in [1.165, 1.54) is 0 Å². The summed E-state index contributed by atoms with van der Waals surface area (Å²) in [5.74, 6) is 1.83. The predicted octanol–water partition coefficient (Wildman–Crippen LogP) is 4.66. The number of ether oxygens (including phenoxy) is 2. The summed E-state index contributed by atoms with van der Waals surface area (Å²) in [7, 11) is 1.60. The average Bonchev–Trinajstić information content (AvgIpc) is 3.60. The van der Waals surface area contributed by atoms with Crippen molar-refractivity contribution in [1.29, 1.82) is 0 Å². The summed E-state index contributed by atoms with van der Waals surface area (Å²) in [4.78, 5) is 27.0. The number of hydrogen-bond donors (Lipinski definition) is 2. The molecular formula is C33H38N6O4S. The Morgan fingerprint density at radius 1 is 0.955 bits per heavy atom. The van der Waals surface area contributed by atoms with E-state index < -0.39 is 6.10 Å². The van der Waals surface area contributed by atoms with E-state index in [-0.39, 0.29) is 12.5 Å². The SMILES string of the molecule is COc1ccc(C(=O)Nc2nc3ccccc3n2CCCN2CCN(CC(O)COc3cccc4nc(C)sc34)CC2)cc1. The minimum atomic E-state index is -0.563. The molecule has 1 unspecified atom stereocenters. The molecule has 1 atom stereocenters. The van der Waals surface area contributed by atoms with Gasteiger partial charge in [-0.25, -0.2) is 9.97 Å². The number of thiazole rings is 1. The summed E-state index contributed by atoms with van der Waals surface area (Å²) in [5.41, 5.74) is 3.34. The number of rotatable bonds is 12. The van der Waals surface area contributed by atoms with Crippen LogP contribution in [0.3, 0.4) is 0 Å². The Morgan fingerprint density at radius 2 is 1.70 bits per heavy atom. The van der Waals surface area contributed by atoms with Crippen molar-refractivity contribution in [3.8, 4) is 11.5 Å². The van der Waals surface area contributed by atoms with Crippen LogP contribution in [0.5, 0.6) is 11.5 Å². The van der Waals surface area contributed by atoms with Crippen LogP contribution in [0.4, 0.5) is 5.95 Å². The zero-order chi connectivity index (χ0) is 30.5. The normalized spacial score (nSPS) is 15.1. The number of para-hydroxylation sites is 2. The second kappa shape index (κ2) is 13.7. The molecule has 1 fully saturated rings. The van der Waals surface area contributed by atoms with Crippen LogP contribution >= 0.6 is 11.3 Å². The monoisotopic (exact) mass is 614 g/mol. The Morgan fingerprint density at radius 3 is 2.50 bits per heavy atom. The lowest BCUT2D eigenvalue weighted by atomic mass is 10.2. The first-order valence-electron chi connectivity index (χ1n) is 15.0. The fraction of sp³-hybridized carbons (Fsp3) is 0.364. The third-order valence-electron chi connectivity index (χ3n) is 7.94. The highest BCUT2D eigenvalue weighted by Gasteiger charge is 2.21. The highest BCUT2D eigenvalue weighted by Crippen LogP contribution is 2.31. The number of benzene rings is 3. The van der Waals surface area contributed by atoms with Crippen molar-refractivity contribution >= 4 is 44.4 Å². The fourth-order valence-corrected chi connectivity index (χ4v) is 6.53. The second-order valence-electron chi connectivity index (χ2n) is 11.1. The largest absolute Gasteiger partial charge is 0.497 e. The molecule has 2 aromatic heterocycles. The number of nitrogens with zero attached hydrogens (tertiary/aromatic N) is 5. The summed E-state index contributed by atoms with van der Waals surface area (Å²) in [6.45, 7) is 8.20. The van der Waals surface area contributed by atoms with Crippen LogP contribution in [0.1, 0.15) is 21.8 Å². The van der Waals surface area contributed by atoms with E-state index in [1.54, 1.807) is 42.7 Å². The number of methoxy groups -OCH3 is 1. The number of aromatic nitrogens is 3. The standard InChI is InChI=1S/C33H38N6O4S/c1-23-34-28-8-5-10-30(31(28)44-23)43-22-25(40)21-38-19-17-37(18-20-38)15-6-16-39-29-9-4-3-7-27(29)35-33(39)36-32(41)24-11-13-26(42-2)14-12-24/h3-5,7-14,25,40H,6,15-22H2,1-2H3,(H,35,36,41). The molecule has 230 valence electrons. The van der Waals surface area contributed by atoms with E-state index in [2.05, 4.69) is 24.7 Å². The number of imidazole rings is 1. The summed E-state index contributed by atoms with van der Waals surface area (Å²) in [5, 5.41) is 14.7. The second-order valence-corrected chi connectivity index (χ2v) is 12.3. The number of carbonyl (C=O) groups excluding carboxylic acids is 1. The first-order chi connectivity index (χ1) is 21.5. The van der Waals surface area contributed by atoms with Crippen molar-refractivity contribution in [3.63, 3.8) is 0 Å². The number of amides is 1. The maximum absolute atomic E-state index is 13.0. The lowest BCUT2D eigenvalue weighted by Crippen LogP contribution is -2.49. The quantitative estimate of drug-likeness (QED) is 0.209. The predicted molar refractivity (Wildman–Crippen MR) is 174 cm³/mol. The number of nitrogens with one attached hydrogen (secondary N) is 1. The minimum absolute atomic E-state index is 0.205. The summed E-state index contributed by atoms with van der Waals surface area (Å²) < 4.78 is 14.3. The number of aliphatic hydroxyl groups excluding tert-OH is 1. The molecule has 0 spiro atoms. The number of hydrogen-bond acceptors (Lipinski definition) is 9. The molecule has 3 aromatic carbocycles. The van der Waals surface area contributed by atoms with E-state index >= 15 is 0 Å². The number of fused-ring (bicyclic) bond motifs is 2. The van der Waals surface area contributed by atoms with Crippen molar-refractivity contribution in [3.05, 3.63) is 77.3 Å². The van der Waals surface area contributed by atoms with Crippen LogP contribution in [0.25, 0.3) is 21.3 Å². The molecule has 1 amide bonds. The number of piperazine rings is 1. The lowest BCUT2D eigenvalue weighted by molar-refractivity contribution is 0.0461. The highest BCUT2D eigenvalue weighted by molar-refractivity contribution is 7.18. The van der Waals surface area contributed by atoms with Gasteiger partial charge in [0.25, 0.3) is 5.91 Å². The van der Waals surface area contributed by atoms with Crippen molar-refractivity contribution in [2.24, 2.45) is 0 Å². The molecule has 10 nitrogen and oxygen atoms in total. The molecular weight excluding hydrogens is 576 g/mol. The van der Waals surface area contributed by atoms with Crippen LogP contribution in [-0.4, -0.2) is 94.4 Å². The van der Waals surface area contributed by atoms with Gasteiger partial charge >= 0.3 is 0 Å². The molecule has 0 radical (unpaired) electrons. The molecule has 6 rings (SSSR count). The van der Waals surface area contributed by atoms with Crippen LogP contribution in [-0.2, 0) is 6.54 Å². The van der Waals surface area contributed by atoms with Gasteiger partial charge in [-0.1, -0.05) is 18.2 Å². The molecule has 0 aliphatic carbocycles. The molecule has 1 aliphatic heterocycles. The molecule has 1 saturated heterocycles. The Kier molecular flexibility index (Phi) is 9.37. The Hall–Kier alpha value is -4.03. The molecule has 11 heteroatoms. The van der Waals surface area contributed by atoms with Crippen LogP contribution < -0.4 is 14.8 Å². The van der Waals surface area contributed by atoms with Gasteiger partial charge in [-0.3, -0.25) is 15.0 Å². The number of aryl methyl sites for hydroxylation is 2. The van der Waals surface area contributed by atoms with Gasteiger partial charge in [0.15, 0.2) is 0 Å². The van der Waals surface area contributed by atoms with Gasteiger partial charge in [-0.05, 0) is 68.4 Å². The summed E-state index contributed by atoms with van der Waals surface area (Å²) >= 11 is 1.61. The maximum Gasteiger partial charge on any atom is 0.257 e. The third-order valence-corrected chi connectivity index (χ3v) is 8.94. The van der Waals surface area contributed by atoms with Gasteiger partial charge in [0.05, 0.1) is 33.4 Å². The Labute approximate surface area is 260 Å². The van der Waals surface area contributed by atoms with Gasteiger partial charge in [0.2, 0.25) is 5.95 Å². The van der Waals surface area contributed by atoms with Gasteiger partial charge < -0.3 is 24.0 Å². The molecule has 44 heavy (non-hydrogen) atoms. The van der Waals surface area contributed by atoms with E-state index in [0.29, 0.717) is 23.8 Å². The summed E-state index contributed by atoms with van der Waals surface area (Å²) in [6.07, 6.45) is 0.358. The number of carbonyl (C=O) groups is 1. The minimum Gasteiger partial charge on any atom is -0.497 e. The topological polar surface area (TPSA) is 105 Å². The van der Waals surface area contributed by atoms with Gasteiger partial charge in [0, 0.05) is 44.8 Å². The third kappa shape index (κ3) is 7.02. The van der Waals surface area contributed by atoms with Crippen LogP contribution in [0.2, 0.25) is 0 Å². The van der Waals surface area contributed by atoms with E-state index in [4.69, 9.17) is 14.5 Å². The van der Waals surface area contributed by atoms with Gasteiger partial charge in [-0.15, -0.1) is 11.3 Å². The average molecular weight is 615 g/mol. The maximum atomic E-state index is 13.0. The molecule has 1 aliphatic rings. The van der Waals surface area contributed by atoms with Crippen molar-refractivity contribution in [2.75, 3.05) is 58.3 Å². The molecule has 2 N–H and O–H groups in total. The number of aliphatic hydroxyl groups is 1. The van der Waals surface area contributed by atoms with Gasteiger partial charge in [-0.2, -0.15) is 0 Å². The van der Waals surface area contributed by atoms with E-state index in [9.17, 15) is 9.90 Å². The van der Waals surface area contributed by atoms with Crippen molar-refractivity contribution in [1.82, 2.24) is 24.3 Å². The summed E-state index contributed by atoms with van der Waals surface area (Å²) in [6, 6.07) is 20.9. The van der Waals surface area contributed by atoms with Crippen molar-refractivity contribution in [2.45, 2.75) is 26.0 Å². The molecule has 0 bridgehead atoms. The Bertz CT molecular complexity index is 1710. The van der Waals surface area contributed by atoms with Gasteiger partial charge in [0.1, 0.15) is 24.2 Å². The van der Waals surface area contributed by atoms with E-state index in [1.807, 2.05) is 49.4 Å². The molecule has 3 heterocycles. The van der Waals surface area contributed by atoms with Crippen LogP contribution in [0.15, 0.2) is 66.7 Å². The van der Waals surface area contributed by atoms with Crippen molar-refractivity contribution < 1.29 is 19.4 Å². The highest BCUT2D eigenvalue weighted by atomic mass is 32.1. The molecule has 5 aromatic rings. The zero-order valence-corrected chi connectivity index (χ0v) is 25.9. The first kappa shape index (κ1) is 30.0. The lowest BCUT2D eigenvalue weighted by Gasteiger charge is -2.35.